The van der Waals surface area contributed by atoms with E-state index in [-0.39, 0.29) is 0 Å². The average molecular weight is 152 g/mol. The molecule has 0 heterocycles. The van der Waals surface area contributed by atoms with Crippen LogP contribution in [0.2, 0.25) is 0 Å². The van der Waals surface area contributed by atoms with Gasteiger partial charge in [0.1, 0.15) is 0 Å². The zero-order chi connectivity index (χ0) is 8.53. The molecule has 0 aliphatic carbocycles. The van der Waals surface area contributed by atoms with Crippen LogP contribution in [0.4, 0.5) is 0 Å². The predicted octanol–water partition coefficient (Wildman–Crippen LogP) is 4.09. The van der Waals surface area contributed by atoms with Gasteiger partial charge in [0, 0.05) is 0 Å². The zero-order valence-corrected chi connectivity index (χ0v) is 7.90. The van der Waals surface area contributed by atoms with Gasteiger partial charge in [-0.1, -0.05) is 24.6 Å². The highest BCUT2D eigenvalue weighted by atomic mass is 13.9. The van der Waals surface area contributed by atoms with E-state index in [0.717, 1.165) is 0 Å². The fraction of sp³-hybridized carbons (Fsp3) is 0.636. The lowest BCUT2D eigenvalue weighted by atomic mass is 10.1. The van der Waals surface area contributed by atoms with Gasteiger partial charge in [0.2, 0.25) is 0 Å². The van der Waals surface area contributed by atoms with E-state index in [1.54, 1.807) is 0 Å². The van der Waals surface area contributed by atoms with Crippen molar-refractivity contribution in [3.63, 3.8) is 0 Å². The minimum atomic E-state index is 1.17. The van der Waals surface area contributed by atoms with E-state index in [2.05, 4.69) is 26.5 Å². The van der Waals surface area contributed by atoms with Crippen LogP contribution in [0.3, 0.4) is 0 Å². The van der Waals surface area contributed by atoms with Gasteiger partial charge in [-0.15, -0.1) is 6.58 Å². The molecule has 0 bridgehead atoms. The maximum Gasteiger partial charge on any atom is -0.0348 e. The first kappa shape index (κ1) is 10.5. The lowest BCUT2D eigenvalue weighted by Crippen LogP contribution is -1.75. The molecule has 0 rings (SSSR count). The molecule has 0 spiro atoms. The number of unbranched alkanes of at least 4 members (excludes halogenated alkanes) is 3. The van der Waals surface area contributed by atoms with E-state index in [9.17, 15) is 0 Å². The van der Waals surface area contributed by atoms with Crippen LogP contribution in [0.1, 0.15) is 46.0 Å². The fourth-order valence-electron chi connectivity index (χ4n) is 0.926. The Labute approximate surface area is 71.0 Å². The van der Waals surface area contributed by atoms with Crippen LogP contribution >= 0.6 is 0 Å². The van der Waals surface area contributed by atoms with Gasteiger partial charge in [0.05, 0.1) is 0 Å². The molecular weight excluding hydrogens is 132 g/mol. The molecule has 0 aromatic heterocycles. The molecule has 0 fully saturated rings. The Morgan fingerprint density at radius 3 is 2.45 bits per heavy atom. The Morgan fingerprint density at radius 2 is 1.91 bits per heavy atom. The molecule has 0 aliphatic rings. The minimum Gasteiger partial charge on any atom is -0.103 e. The van der Waals surface area contributed by atoms with Crippen LogP contribution < -0.4 is 0 Å². The van der Waals surface area contributed by atoms with Gasteiger partial charge in [0.15, 0.2) is 0 Å². The first-order valence-corrected chi connectivity index (χ1v) is 4.57. The second-order valence-electron chi connectivity index (χ2n) is 2.98. The van der Waals surface area contributed by atoms with Gasteiger partial charge in [0.25, 0.3) is 0 Å². The van der Waals surface area contributed by atoms with E-state index in [0.29, 0.717) is 0 Å². The molecule has 64 valence electrons. The molecule has 11 heavy (non-hydrogen) atoms. The second-order valence-corrected chi connectivity index (χ2v) is 2.98. The number of hydrogen-bond donors (Lipinski definition) is 0. The monoisotopic (exact) mass is 152 g/mol. The van der Waals surface area contributed by atoms with Crippen LogP contribution in [0.5, 0.6) is 0 Å². The molecule has 0 saturated heterocycles. The second kappa shape index (κ2) is 7.59. The number of hydrogen-bond acceptors (Lipinski definition) is 0. The summed E-state index contributed by atoms with van der Waals surface area (Å²) in [5.41, 5.74) is 1.52. The first-order valence-electron chi connectivity index (χ1n) is 4.57. The lowest BCUT2D eigenvalue weighted by Gasteiger charge is -1.95. The quantitative estimate of drug-likeness (QED) is 0.397. The normalized spacial score (nSPS) is 11.6. The Morgan fingerprint density at radius 1 is 1.27 bits per heavy atom. The van der Waals surface area contributed by atoms with Crippen molar-refractivity contribution in [2.75, 3.05) is 0 Å². The van der Waals surface area contributed by atoms with Crippen LogP contribution in [-0.4, -0.2) is 0 Å². The molecule has 0 atom stereocenters. The van der Waals surface area contributed by atoms with Crippen molar-refractivity contribution in [3.8, 4) is 0 Å². The van der Waals surface area contributed by atoms with Crippen molar-refractivity contribution in [3.05, 3.63) is 24.3 Å². The van der Waals surface area contributed by atoms with Crippen LogP contribution in [0.25, 0.3) is 0 Å². The van der Waals surface area contributed by atoms with E-state index < -0.39 is 0 Å². The fourth-order valence-corrected chi connectivity index (χ4v) is 0.926. The SMILES string of the molecule is C=CCCCCC=C(C)CC. The van der Waals surface area contributed by atoms with Crippen molar-refractivity contribution in [2.24, 2.45) is 0 Å². The largest absolute Gasteiger partial charge is 0.103 e. The van der Waals surface area contributed by atoms with Crippen LogP contribution in [-0.2, 0) is 0 Å². The maximum atomic E-state index is 3.69. The van der Waals surface area contributed by atoms with E-state index >= 15 is 0 Å². The van der Waals surface area contributed by atoms with Gasteiger partial charge >= 0.3 is 0 Å². The molecular formula is C11H20. The van der Waals surface area contributed by atoms with Crippen LogP contribution in [0.15, 0.2) is 24.3 Å². The molecule has 0 aromatic carbocycles. The highest BCUT2D eigenvalue weighted by Crippen LogP contribution is 2.05. The molecule has 0 amide bonds. The Hall–Kier alpha value is -0.520. The summed E-state index contributed by atoms with van der Waals surface area (Å²) < 4.78 is 0. The lowest BCUT2D eigenvalue weighted by molar-refractivity contribution is 0.758. The third-order valence-electron chi connectivity index (χ3n) is 1.91. The van der Waals surface area contributed by atoms with E-state index in [1.165, 1.54) is 37.7 Å². The molecule has 0 unspecified atom stereocenters. The van der Waals surface area contributed by atoms with Crippen molar-refractivity contribution < 1.29 is 0 Å². The van der Waals surface area contributed by atoms with Crippen LogP contribution in [0, 0.1) is 0 Å². The van der Waals surface area contributed by atoms with E-state index in [4.69, 9.17) is 0 Å². The molecule has 0 aromatic rings. The van der Waals surface area contributed by atoms with Gasteiger partial charge in [-0.05, 0) is 39.0 Å². The summed E-state index contributed by atoms with van der Waals surface area (Å²) in [6, 6.07) is 0. The highest BCUT2D eigenvalue weighted by Gasteiger charge is 1.85. The number of allylic oxidation sites excluding steroid dienone is 3. The minimum absolute atomic E-state index is 1.17. The Bertz CT molecular complexity index is 120. The van der Waals surface area contributed by atoms with Crippen molar-refractivity contribution in [1.29, 1.82) is 0 Å². The Kier molecular flexibility index (Phi) is 7.23. The number of rotatable bonds is 6. The Balaban J connectivity index is 3.19. The summed E-state index contributed by atoms with van der Waals surface area (Å²) in [6.07, 6.45) is 10.5. The summed E-state index contributed by atoms with van der Waals surface area (Å²) >= 11 is 0. The summed E-state index contributed by atoms with van der Waals surface area (Å²) in [6.45, 7) is 8.10. The summed E-state index contributed by atoms with van der Waals surface area (Å²) in [5, 5.41) is 0. The summed E-state index contributed by atoms with van der Waals surface area (Å²) in [5.74, 6) is 0. The standard InChI is InChI=1S/C11H20/c1-4-6-7-8-9-10-11(3)5-2/h4,10H,1,5-9H2,2-3H3. The molecule has 0 saturated carbocycles. The zero-order valence-electron chi connectivity index (χ0n) is 7.90. The third kappa shape index (κ3) is 7.38. The van der Waals surface area contributed by atoms with Gasteiger partial charge in [-0.3, -0.25) is 0 Å². The maximum absolute atomic E-state index is 3.69. The highest BCUT2D eigenvalue weighted by molar-refractivity contribution is 4.96. The third-order valence-corrected chi connectivity index (χ3v) is 1.91. The topological polar surface area (TPSA) is 0 Å². The molecule has 0 heteroatoms. The van der Waals surface area contributed by atoms with Crippen molar-refractivity contribution in [1.82, 2.24) is 0 Å². The molecule has 0 aliphatic heterocycles. The van der Waals surface area contributed by atoms with E-state index in [1.807, 2.05) is 6.08 Å². The average Bonchev–Trinajstić information content (AvgIpc) is 2.04. The predicted molar refractivity (Wildman–Crippen MR) is 52.7 cm³/mol. The first-order chi connectivity index (χ1) is 5.31. The van der Waals surface area contributed by atoms with Crippen molar-refractivity contribution >= 4 is 0 Å². The molecule has 0 radical (unpaired) electrons. The smallest absolute Gasteiger partial charge is 0.0348 e. The van der Waals surface area contributed by atoms with Gasteiger partial charge < -0.3 is 0 Å². The van der Waals surface area contributed by atoms with Gasteiger partial charge in [-0.25, -0.2) is 0 Å². The summed E-state index contributed by atoms with van der Waals surface area (Å²) in [7, 11) is 0. The molecule has 0 nitrogen and oxygen atoms in total. The van der Waals surface area contributed by atoms with Crippen molar-refractivity contribution in [2.45, 2.75) is 46.0 Å². The van der Waals surface area contributed by atoms with Gasteiger partial charge in [-0.2, -0.15) is 0 Å². The summed E-state index contributed by atoms with van der Waals surface area (Å²) in [4.78, 5) is 0. The molecule has 0 N–H and O–H groups in total.